The van der Waals surface area contributed by atoms with Gasteiger partial charge in [-0.15, -0.1) is 12.4 Å². The molecule has 0 radical (unpaired) electrons. The van der Waals surface area contributed by atoms with Crippen LogP contribution in [0.25, 0.3) is 0 Å². The number of halogens is 1. The van der Waals surface area contributed by atoms with Gasteiger partial charge in [0.05, 0.1) is 6.61 Å². The van der Waals surface area contributed by atoms with Gasteiger partial charge in [-0.2, -0.15) is 0 Å². The van der Waals surface area contributed by atoms with E-state index in [0.717, 1.165) is 6.42 Å². The summed E-state index contributed by atoms with van der Waals surface area (Å²) in [6.45, 7) is 2.30. The zero-order chi connectivity index (χ0) is 8.55. The van der Waals surface area contributed by atoms with Gasteiger partial charge in [-0.05, 0) is 13.3 Å². The van der Waals surface area contributed by atoms with Crippen molar-refractivity contribution in [3.63, 3.8) is 0 Å². The number of hydrogen-bond acceptors (Lipinski definition) is 3. The fraction of sp³-hybridized carbons (Fsp3) is 0.667. The molecule has 1 aliphatic carbocycles. The Hall–Kier alpha value is -0.540. The topological polar surface area (TPSA) is 38.3 Å². The van der Waals surface area contributed by atoms with Crippen molar-refractivity contribution in [2.75, 3.05) is 6.61 Å². The quantitative estimate of drug-likeness (QED) is 0.535. The minimum Gasteiger partial charge on any atom is -0.465 e. The normalized spacial score (nSPS) is 34.4. The molecule has 2 aliphatic rings. The number of carbonyl (C=O) groups is 1. The summed E-state index contributed by atoms with van der Waals surface area (Å²) in [6.07, 6.45) is 5.30. The Morgan fingerprint density at radius 1 is 1.62 bits per heavy atom. The molecule has 2 rings (SSSR count). The van der Waals surface area contributed by atoms with Crippen molar-refractivity contribution in [3.05, 3.63) is 12.2 Å². The van der Waals surface area contributed by atoms with Gasteiger partial charge in [-0.25, -0.2) is 0 Å². The van der Waals surface area contributed by atoms with Crippen molar-refractivity contribution in [3.8, 4) is 0 Å². The molecule has 0 aromatic rings. The van der Waals surface area contributed by atoms with Crippen LogP contribution in [-0.2, 0) is 9.53 Å². The summed E-state index contributed by atoms with van der Waals surface area (Å²) in [5.41, 5.74) is 0. The molecule has 1 aliphatic heterocycles. The van der Waals surface area contributed by atoms with Gasteiger partial charge >= 0.3 is 5.97 Å². The van der Waals surface area contributed by atoms with Crippen molar-refractivity contribution in [2.24, 2.45) is 5.92 Å². The largest absolute Gasteiger partial charge is 0.465 e. The summed E-state index contributed by atoms with van der Waals surface area (Å²) in [5.74, 6) is 0.267. The fourth-order valence-electron chi connectivity index (χ4n) is 1.93. The van der Waals surface area contributed by atoms with Crippen LogP contribution in [0.5, 0.6) is 0 Å². The molecule has 1 heterocycles. The second-order valence-corrected chi connectivity index (χ2v) is 3.29. The molecule has 74 valence electrons. The number of nitrogens with one attached hydrogen (secondary N) is 1. The van der Waals surface area contributed by atoms with E-state index in [2.05, 4.69) is 17.5 Å². The van der Waals surface area contributed by atoms with Crippen LogP contribution in [0.1, 0.15) is 13.3 Å². The maximum Gasteiger partial charge on any atom is 0.323 e. The highest BCUT2D eigenvalue weighted by molar-refractivity contribution is 5.85. The van der Waals surface area contributed by atoms with Crippen molar-refractivity contribution in [2.45, 2.75) is 25.4 Å². The molecule has 3 nitrogen and oxygen atoms in total. The molecule has 4 heteroatoms. The van der Waals surface area contributed by atoms with Crippen molar-refractivity contribution < 1.29 is 9.53 Å². The lowest BCUT2D eigenvalue weighted by molar-refractivity contribution is -0.146. The third-order valence-corrected chi connectivity index (χ3v) is 2.48. The Kier molecular flexibility index (Phi) is 3.33. The highest BCUT2D eigenvalue weighted by Gasteiger charge is 2.39. The average molecular weight is 204 g/mol. The molecule has 1 fully saturated rings. The first-order valence-corrected chi connectivity index (χ1v) is 4.42. The second-order valence-electron chi connectivity index (χ2n) is 3.29. The summed E-state index contributed by atoms with van der Waals surface area (Å²) in [7, 11) is 0. The summed E-state index contributed by atoms with van der Waals surface area (Å²) < 4.78 is 4.94. The van der Waals surface area contributed by atoms with E-state index < -0.39 is 0 Å². The van der Waals surface area contributed by atoms with Crippen molar-refractivity contribution in [1.29, 1.82) is 0 Å². The molecule has 0 amide bonds. The van der Waals surface area contributed by atoms with Gasteiger partial charge in [0.15, 0.2) is 0 Å². The molecule has 0 spiro atoms. The monoisotopic (exact) mass is 203 g/mol. The van der Waals surface area contributed by atoms with Crippen LogP contribution < -0.4 is 5.32 Å². The predicted molar refractivity (Wildman–Crippen MR) is 51.8 cm³/mol. The van der Waals surface area contributed by atoms with Gasteiger partial charge < -0.3 is 4.74 Å². The summed E-state index contributed by atoms with van der Waals surface area (Å²) >= 11 is 0. The first-order chi connectivity index (χ1) is 5.81. The molecule has 3 unspecified atom stereocenters. The zero-order valence-electron chi connectivity index (χ0n) is 7.53. The highest BCUT2D eigenvalue weighted by atomic mass is 35.5. The van der Waals surface area contributed by atoms with E-state index in [-0.39, 0.29) is 24.4 Å². The Bertz CT molecular complexity index is 230. The molecule has 0 saturated carbocycles. The maximum atomic E-state index is 11.3. The van der Waals surface area contributed by atoms with E-state index in [1.165, 1.54) is 0 Å². The second kappa shape index (κ2) is 4.11. The Balaban J connectivity index is 0.000000845. The van der Waals surface area contributed by atoms with Crippen LogP contribution in [0, 0.1) is 5.92 Å². The van der Waals surface area contributed by atoms with Gasteiger partial charge in [-0.1, -0.05) is 12.2 Å². The van der Waals surface area contributed by atoms with Crippen LogP contribution in [0.3, 0.4) is 0 Å². The van der Waals surface area contributed by atoms with E-state index in [4.69, 9.17) is 4.74 Å². The van der Waals surface area contributed by atoms with E-state index in [9.17, 15) is 4.79 Å². The predicted octanol–water partition coefficient (Wildman–Crippen LogP) is 0.888. The lowest BCUT2D eigenvalue weighted by Crippen LogP contribution is -2.40. The number of ether oxygens (including phenoxy) is 1. The number of carbonyl (C=O) groups excluding carboxylic acids is 1. The summed E-state index contributed by atoms with van der Waals surface area (Å²) in [5, 5.41) is 3.21. The molecular formula is C9H14ClNO2. The van der Waals surface area contributed by atoms with Gasteiger partial charge in [0.25, 0.3) is 0 Å². The zero-order valence-corrected chi connectivity index (χ0v) is 8.34. The van der Waals surface area contributed by atoms with Crippen LogP contribution in [0.2, 0.25) is 0 Å². The first-order valence-electron chi connectivity index (χ1n) is 4.42. The van der Waals surface area contributed by atoms with E-state index in [1.807, 2.05) is 6.92 Å². The third-order valence-electron chi connectivity index (χ3n) is 2.48. The molecular weight excluding hydrogens is 190 g/mol. The lowest BCUT2D eigenvalue weighted by Gasteiger charge is -2.17. The number of esters is 1. The van der Waals surface area contributed by atoms with E-state index in [0.29, 0.717) is 18.6 Å². The van der Waals surface area contributed by atoms with Crippen LogP contribution in [0.15, 0.2) is 12.2 Å². The van der Waals surface area contributed by atoms with Gasteiger partial charge in [-0.3, -0.25) is 10.1 Å². The Morgan fingerprint density at radius 2 is 2.38 bits per heavy atom. The Morgan fingerprint density at radius 3 is 2.85 bits per heavy atom. The fourth-order valence-corrected chi connectivity index (χ4v) is 1.93. The smallest absolute Gasteiger partial charge is 0.323 e. The molecule has 0 aromatic heterocycles. The number of rotatable bonds is 2. The maximum absolute atomic E-state index is 11.3. The van der Waals surface area contributed by atoms with Gasteiger partial charge in [0.1, 0.15) is 6.04 Å². The van der Waals surface area contributed by atoms with Crippen molar-refractivity contribution in [1.82, 2.24) is 5.32 Å². The standard InChI is InChI=1S/C9H13NO2.ClH/c1-2-12-9(11)8-6-3-4-7(5-6)10-8;/h3-4,6-8,10H,2,5H2,1H3;1H. The van der Waals surface area contributed by atoms with Crippen molar-refractivity contribution >= 4 is 18.4 Å². The molecule has 13 heavy (non-hydrogen) atoms. The molecule has 3 atom stereocenters. The van der Waals surface area contributed by atoms with E-state index >= 15 is 0 Å². The number of fused-ring (bicyclic) bond motifs is 2. The van der Waals surface area contributed by atoms with Gasteiger partial charge in [0.2, 0.25) is 0 Å². The molecule has 1 N–H and O–H groups in total. The molecule has 0 aromatic carbocycles. The minimum absolute atomic E-state index is 0. The number of hydrogen-bond donors (Lipinski definition) is 1. The lowest BCUT2D eigenvalue weighted by atomic mass is 10.0. The summed E-state index contributed by atoms with van der Waals surface area (Å²) in [6, 6.07) is 0.323. The van der Waals surface area contributed by atoms with Crippen LogP contribution in [-0.4, -0.2) is 24.7 Å². The summed E-state index contributed by atoms with van der Waals surface area (Å²) in [4.78, 5) is 11.3. The molecule has 2 bridgehead atoms. The van der Waals surface area contributed by atoms with E-state index in [1.54, 1.807) is 0 Å². The highest BCUT2D eigenvalue weighted by Crippen LogP contribution is 2.29. The average Bonchev–Trinajstić information content (AvgIpc) is 2.64. The van der Waals surface area contributed by atoms with Gasteiger partial charge in [0, 0.05) is 12.0 Å². The first kappa shape index (κ1) is 10.5. The SMILES string of the molecule is CCOC(=O)C1NC2C=CC1C2.Cl. The van der Waals surface area contributed by atoms with Crippen LogP contribution in [0.4, 0.5) is 0 Å². The Labute approximate surface area is 83.9 Å². The molecule has 1 saturated heterocycles. The minimum atomic E-state index is -0.102. The third kappa shape index (κ3) is 1.86. The van der Waals surface area contributed by atoms with Crippen LogP contribution >= 0.6 is 12.4 Å².